The maximum absolute atomic E-state index is 13.2. The fourth-order valence-electron chi connectivity index (χ4n) is 6.26. The summed E-state index contributed by atoms with van der Waals surface area (Å²) in [7, 11) is 0. The number of benzene rings is 3. The van der Waals surface area contributed by atoms with E-state index < -0.39 is 0 Å². The van der Waals surface area contributed by atoms with E-state index in [2.05, 4.69) is 32.0 Å². The minimum atomic E-state index is -0.363. The minimum Gasteiger partial charge on any atom is -0.459 e. The van der Waals surface area contributed by atoms with E-state index in [0.29, 0.717) is 0 Å². The number of aryl methyl sites for hydroxylation is 2. The Kier molecular flexibility index (Phi) is 20.6. The topological polar surface area (TPSA) is 55.8 Å². The highest BCUT2D eigenvalue weighted by Crippen LogP contribution is 2.24. The van der Waals surface area contributed by atoms with Crippen molar-refractivity contribution in [2.45, 2.75) is 143 Å². The van der Waals surface area contributed by atoms with Crippen LogP contribution in [0.5, 0.6) is 0 Å². The second kappa shape index (κ2) is 25.4. The largest absolute Gasteiger partial charge is 0.459 e. The minimum absolute atomic E-state index is 0.0221. The van der Waals surface area contributed by atoms with Gasteiger partial charge in [-0.2, -0.15) is 0 Å². The molecular weight excluding hydrogens is 606 g/mol. The van der Waals surface area contributed by atoms with E-state index in [1.807, 2.05) is 65.6 Å². The Morgan fingerprint density at radius 2 is 0.837 bits per heavy atom. The highest BCUT2D eigenvalue weighted by Gasteiger charge is 2.19. The first-order valence-corrected chi connectivity index (χ1v) is 19.3. The van der Waals surface area contributed by atoms with Gasteiger partial charge in [0, 0.05) is 5.69 Å². The van der Waals surface area contributed by atoms with Gasteiger partial charge in [0.15, 0.2) is 0 Å². The number of ether oxygens (including phenoxy) is 2. The zero-order valence-corrected chi connectivity index (χ0v) is 30.6. The number of anilines is 1. The molecule has 0 aliphatic rings. The van der Waals surface area contributed by atoms with Crippen LogP contribution in [0.3, 0.4) is 0 Å². The van der Waals surface area contributed by atoms with Gasteiger partial charge in [0.2, 0.25) is 0 Å². The summed E-state index contributed by atoms with van der Waals surface area (Å²) in [5.74, 6) is -0.726. The van der Waals surface area contributed by atoms with E-state index in [1.54, 1.807) is 0 Å². The number of hydrogen-bond acceptors (Lipinski definition) is 5. The molecule has 0 unspecified atom stereocenters. The van der Waals surface area contributed by atoms with Crippen molar-refractivity contribution < 1.29 is 19.1 Å². The highest BCUT2D eigenvalue weighted by molar-refractivity contribution is 5.81. The molecule has 0 fully saturated rings. The lowest BCUT2D eigenvalue weighted by Gasteiger charge is -2.24. The number of esters is 2. The predicted molar refractivity (Wildman–Crippen MR) is 204 cm³/mol. The Balaban J connectivity index is 1.70. The molecule has 5 nitrogen and oxygen atoms in total. The van der Waals surface area contributed by atoms with Crippen LogP contribution >= 0.6 is 0 Å². The van der Waals surface area contributed by atoms with E-state index in [-0.39, 0.29) is 38.2 Å². The third kappa shape index (κ3) is 18.1. The summed E-state index contributed by atoms with van der Waals surface area (Å²) in [6, 6.07) is 26.1. The first kappa shape index (κ1) is 39.8. The van der Waals surface area contributed by atoms with Crippen LogP contribution < -0.4 is 4.90 Å². The van der Waals surface area contributed by atoms with Crippen LogP contribution in [0.4, 0.5) is 5.69 Å². The molecule has 3 aromatic rings. The van der Waals surface area contributed by atoms with Gasteiger partial charge < -0.3 is 14.4 Å². The number of carbonyl (C=O) groups excluding carboxylic acids is 2. The van der Waals surface area contributed by atoms with Crippen molar-refractivity contribution >= 4 is 17.6 Å². The van der Waals surface area contributed by atoms with Crippen molar-refractivity contribution in [3.63, 3.8) is 0 Å². The quantitative estimate of drug-likeness (QED) is 0.0597. The number of unbranched alkanes of at least 4 members (excludes halogenated alkanes) is 14. The lowest BCUT2D eigenvalue weighted by atomic mass is 9.98. The molecule has 49 heavy (non-hydrogen) atoms. The number of nitrogens with zero attached hydrogens (tertiary/aromatic N) is 1. The average molecular weight is 670 g/mol. The van der Waals surface area contributed by atoms with Gasteiger partial charge in [-0.05, 0) is 60.1 Å². The molecule has 0 aromatic heterocycles. The average Bonchev–Trinajstić information content (AvgIpc) is 3.12. The predicted octanol–water partition coefficient (Wildman–Crippen LogP) is 11.3. The van der Waals surface area contributed by atoms with E-state index >= 15 is 0 Å². The summed E-state index contributed by atoms with van der Waals surface area (Å²) in [5.41, 5.74) is 5.31. The van der Waals surface area contributed by atoms with Crippen LogP contribution in [0.2, 0.25) is 0 Å². The Hall–Kier alpha value is -3.60. The van der Waals surface area contributed by atoms with Gasteiger partial charge in [0.05, 0.1) is 0 Å². The van der Waals surface area contributed by atoms with Gasteiger partial charge in [-0.1, -0.05) is 170 Å². The molecule has 0 radical (unpaired) electrons. The number of hydrogen-bond donors (Lipinski definition) is 0. The Labute approximate surface area is 297 Å². The van der Waals surface area contributed by atoms with Crippen LogP contribution in [0.25, 0.3) is 0 Å². The van der Waals surface area contributed by atoms with Crippen LogP contribution in [0.15, 0.2) is 78.9 Å². The second-order valence-electron chi connectivity index (χ2n) is 13.6. The molecule has 0 N–H and O–H groups in total. The van der Waals surface area contributed by atoms with Crippen molar-refractivity contribution in [2.75, 3.05) is 18.0 Å². The van der Waals surface area contributed by atoms with Crippen molar-refractivity contribution in [3.8, 4) is 0 Å². The first-order chi connectivity index (χ1) is 24.1. The van der Waals surface area contributed by atoms with Crippen LogP contribution in [-0.4, -0.2) is 25.0 Å². The van der Waals surface area contributed by atoms with Gasteiger partial charge >= 0.3 is 11.9 Å². The lowest BCUT2D eigenvalue weighted by molar-refractivity contribution is -0.144. The van der Waals surface area contributed by atoms with Gasteiger partial charge in [0.1, 0.15) is 26.3 Å². The Morgan fingerprint density at radius 1 is 0.469 bits per heavy atom. The maximum Gasteiger partial charge on any atom is 0.325 e. The maximum atomic E-state index is 13.2. The normalized spacial score (nSPS) is 11.0. The molecule has 0 amide bonds. The van der Waals surface area contributed by atoms with Crippen molar-refractivity contribution in [3.05, 3.63) is 101 Å². The molecule has 0 heterocycles. The fraction of sp³-hybridized carbons (Fsp3) is 0.545. The Morgan fingerprint density at radius 3 is 1.22 bits per heavy atom. The summed E-state index contributed by atoms with van der Waals surface area (Å²) in [5, 5.41) is 0. The van der Waals surface area contributed by atoms with E-state index in [0.717, 1.165) is 42.5 Å². The molecule has 3 rings (SSSR count). The molecule has 0 saturated heterocycles. The van der Waals surface area contributed by atoms with Crippen molar-refractivity contribution in [2.24, 2.45) is 0 Å². The molecule has 0 atom stereocenters. The first-order valence-electron chi connectivity index (χ1n) is 19.3. The van der Waals surface area contributed by atoms with Gasteiger partial charge in [-0.25, -0.2) is 0 Å². The summed E-state index contributed by atoms with van der Waals surface area (Å²) >= 11 is 0. The number of rotatable bonds is 27. The van der Waals surface area contributed by atoms with Crippen LogP contribution in [-0.2, 0) is 45.1 Å². The second-order valence-corrected chi connectivity index (χ2v) is 13.6. The molecule has 0 saturated carbocycles. The van der Waals surface area contributed by atoms with Crippen LogP contribution in [0.1, 0.15) is 139 Å². The van der Waals surface area contributed by atoms with E-state index in [1.165, 1.54) is 101 Å². The highest BCUT2D eigenvalue weighted by atomic mass is 16.5. The summed E-state index contributed by atoms with van der Waals surface area (Å²) in [6.45, 7) is 4.89. The fourth-order valence-corrected chi connectivity index (χ4v) is 6.26. The number of carbonyl (C=O) groups is 2. The van der Waals surface area contributed by atoms with E-state index in [4.69, 9.17) is 9.47 Å². The third-order valence-corrected chi connectivity index (χ3v) is 9.17. The third-order valence-electron chi connectivity index (χ3n) is 9.17. The monoisotopic (exact) mass is 669 g/mol. The molecule has 3 aromatic carbocycles. The summed E-state index contributed by atoms with van der Waals surface area (Å²) in [4.78, 5) is 28.2. The Bertz CT molecular complexity index is 1200. The van der Waals surface area contributed by atoms with E-state index in [9.17, 15) is 9.59 Å². The van der Waals surface area contributed by atoms with Gasteiger partial charge in [0.25, 0.3) is 0 Å². The zero-order valence-electron chi connectivity index (χ0n) is 30.6. The molecule has 0 aliphatic carbocycles. The molecule has 5 heteroatoms. The van der Waals surface area contributed by atoms with Crippen LogP contribution in [0, 0.1) is 0 Å². The van der Waals surface area contributed by atoms with Gasteiger partial charge in [-0.15, -0.1) is 0 Å². The van der Waals surface area contributed by atoms with Crippen molar-refractivity contribution in [1.29, 1.82) is 0 Å². The molecule has 0 bridgehead atoms. The molecular formula is C44H63NO4. The standard InChI is InChI=1S/C44H63NO4/c1-3-5-7-9-11-13-15-19-29-40-31-41(30-20-16-14-12-10-8-6-4-2)33-42(32-40)45(34-43(46)48-36-38-25-21-17-22-26-38)35-44(47)49-37-39-27-23-18-24-28-39/h17-18,21-28,31-33H,3-16,19-20,29-30,34-37H2,1-2H3. The smallest absolute Gasteiger partial charge is 0.325 e. The van der Waals surface area contributed by atoms with Gasteiger partial charge in [-0.3, -0.25) is 9.59 Å². The summed E-state index contributed by atoms with van der Waals surface area (Å²) < 4.78 is 11.3. The lowest BCUT2D eigenvalue weighted by Crippen LogP contribution is -2.36. The van der Waals surface area contributed by atoms with Crippen molar-refractivity contribution in [1.82, 2.24) is 0 Å². The molecule has 0 spiro atoms. The SMILES string of the molecule is CCCCCCCCCCc1cc(CCCCCCCCCC)cc(N(CC(=O)OCc2ccccc2)CC(=O)OCc2ccccc2)c1. The zero-order chi connectivity index (χ0) is 34.8. The molecule has 0 aliphatic heterocycles. The summed E-state index contributed by atoms with van der Waals surface area (Å²) in [6.07, 6.45) is 22.5. The molecule has 268 valence electrons.